The second kappa shape index (κ2) is 9.22. The normalized spacial score (nSPS) is 13.9. The van der Waals surface area contributed by atoms with Crippen molar-refractivity contribution in [3.05, 3.63) is 90.0 Å². The van der Waals surface area contributed by atoms with Crippen LogP contribution in [0.2, 0.25) is 0 Å². The van der Waals surface area contributed by atoms with Crippen LogP contribution in [0.1, 0.15) is 18.2 Å². The molecule has 1 atom stereocenters. The van der Waals surface area contributed by atoms with Gasteiger partial charge in [0.15, 0.2) is 5.60 Å². The Balaban J connectivity index is 1.69. The van der Waals surface area contributed by atoms with Crippen LogP contribution < -0.4 is 4.74 Å². The molecule has 0 saturated carbocycles. The number of halogens is 6. The van der Waals surface area contributed by atoms with Gasteiger partial charge in [-0.3, -0.25) is 4.98 Å². The molecule has 4 rings (SSSR count). The molecule has 0 aliphatic heterocycles. The maximum Gasteiger partial charge on any atom is 0.394 e. The Morgan fingerprint density at radius 3 is 2.19 bits per heavy atom. The van der Waals surface area contributed by atoms with Crippen molar-refractivity contribution in [2.75, 3.05) is 0 Å². The second-order valence-electron chi connectivity index (χ2n) is 7.93. The van der Waals surface area contributed by atoms with Crippen LogP contribution in [-0.2, 0) is 18.1 Å². The number of tetrazole rings is 1. The van der Waals surface area contributed by atoms with Crippen molar-refractivity contribution in [2.45, 2.75) is 31.1 Å². The van der Waals surface area contributed by atoms with E-state index < -0.39 is 47.1 Å². The zero-order valence-corrected chi connectivity index (χ0v) is 18.4. The van der Waals surface area contributed by atoms with Crippen LogP contribution in [0.3, 0.4) is 0 Å². The molecule has 0 saturated heterocycles. The van der Waals surface area contributed by atoms with Crippen molar-refractivity contribution in [1.82, 2.24) is 25.2 Å². The number of aromatic nitrogens is 5. The van der Waals surface area contributed by atoms with Gasteiger partial charge in [0.1, 0.15) is 29.4 Å². The van der Waals surface area contributed by atoms with Crippen LogP contribution in [0.4, 0.5) is 26.3 Å². The summed E-state index contributed by atoms with van der Waals surface area (Å²) in [5, 5.41) is 21.3. The van der Waals surface area contributed by atoms with Crippen LogP contribution in [0.15, 0.2) is 67.1 Å². The average molecular weight is 509 g/mol. The summed E-state index contributed by atoms with van der Waals surface area (Å²) in [6.07, 6.45) is -1.35. The molecule has 0 amide bonds. The molecular weight excluding hydrogens is 492 g/mol. The Morgan fingerprint density at radius 2 is 1.64 bits per heavy atom. The van der Waals surface area contributed by atoms with Crippen LogP contribution >= 0.6 is 0 Å². The average Bonchev–Trinajstić information content (AvgIpc) is 3.31. The summed E-state index contributed by atoms with van der Waals surface area (Å²) in [4.78, 5) is 3.76. The topological polar surface area (TPSA) is 86.0 Å². The minimum Gasteiger partial charge on any atom is -0.433 e. The van der Waals surface area contributed by atoms with Gasteiger partial charge >= 0.3 is 12.0 Å². The lowest BCUT2D eigenvalue weighted by Crippen LogP contribution is -2.48. The van der Waals surface area contributed by atoms with Crippen molar-refractivity contribution < 1.29 is 36.2 Å². The largest absolute Gasteiger partial charge is 0.433 e. The van der Waals surface area contributed by atoms with E-state index in [1.807, 2.05) is 0 Å². The zero-order chi connectivity index (χ0) is 26.1. The zero-order valence-electron chi connectivity index (χ0n) is 18.4. The number of benzene rings is 2. The molecule has 7 nitrogen and oxygen atoms in total. The van der Waals surface area contributed by atoms with E-state index in [1.54, 1.807) is 0 Å². The number of pyridine rings is 1. The fraction of sp³-hybridized carbons (Fsp3) is 0.217. The van der Waals surface area contributed by atoms with Gasteiger partial charge in [-0.05, 0) is 46.3 Å². The van der Waals surface area contributed by atoms with Gasteiger partial charge in [0.2, 0.25) is 0 Å². The van der Waals surface area contributed by atoms with E-state index >= 15 is 8.78 Å². The van der Waals surface area contributed by atoms with E-state index in [0.717, 1.165) is 29.3 Å². The second-order valence-corrected chi connectivity index (χ2v) is 7.93. The molecule has 0 spiro atoms. The fourth-order valence-electron chi connectivity index (χ4n) is 3.55. The Morgan fingerprint density at radius 1 is 0.944 bits per heavy atom. The standard InChI is InChI=1S/C23H17F6N5O2/c1-21(26,27)36-17-6-2-14(3-7-17)15-4-9-20(30-11-15)23(28,29)22(35,12-34-13-31-32-33-34)18-8-5-16(24)10-19(18)25/h2-11,13,35H,12H2,1H3/t22-/m1/s1. The summed E-state index contributed by atoms with van der Waals surface area (Å²) in [7, 11) is 0. The Labute approximate surface area is 200 Å². The molecule has 4 aromatic rings. The molecule has 2 heterocycles. The predicted octanol–water partition coefficient (Wildman–Crippen LogP) is 4.68. The highest BCUT2D eigenvalue weighted by Crippen LogP contribution is 2.46. The molecule has 1 N–H and O–H groups in total. The lowest BCUT2D eigenvalue weighted by atomic mass is 9.84. The van der Waals surface area contributed by atoms with Gasteiger partial charge in [0.25, 0.3) is 0 Å². The monoisotopic (exact) mass is 509 g/mol. The summed E-state index contributed by atoms with van der Waals surface area (Å²) in [5.74, 6) is -6.73. The van der Waals surface area contributed by atoms with Crippen molar-refractivity contribution in [1.29, 1.82) is 0 Å². The summed E-state index contributed by atoms with van der Waals surface area (Å²) in [6.45, 7) is -0.398. The molecule has 2 aromatic heterocycles. The van der Waals surface area contributed by atoms with E-state index in [1.165, 1.54) is 30.3 Å². The van der Waals surface area contributed by atoms with Gasteiger partial charge in [-0.25, -0.2) is 13.5 Å². The Bertz CT molecular complexity index is 1330. The minimum absolute atomic E-state index is 0.101. The van der Waals surface area contributed by atoms with Crippen LogP contribution in [0.5, 0.6) is 5.75 Å². The quantitative estimate of drug-likeness (QED) is 0.347. The fourth-order valence-corrected chi connectivity index (χ4v) is 3.55. The number of nitrogens with zero attached hydrogens (tertiary/aromatic N) is 5. The van der Waals surface area contributed by atoms with Crippen molar-refractivity contribution >= 4 is 0 Å². The van der Waals surface area contributed by atoms with Crippen molar-refractivity contribution in [2.24, 2.45) is 0 Å². The Kier molecular flexibility index (Phi) is 6.43. The maximum absolute atomic E-state index is 15.8. The van der Waals surface area contributed by atoms with Crippen LogP contribution in [-0.4, -0.2) is 36.4 Å². The molecule has 13 heteroatoms. The first-order valence-corrected chi connectivity index (χ1v) is 10.3. The van der Waals surface area contributed by atoms with E-state index in [9.17, 15) is 22.7 Å². The number of rotatable bonds is 8. The van der Waals surface area contributed by atoms with Gasteiger partial charge in [-0.1, -0.05) is 18.2 Å². The number of aliphatic hydroxyl groups is 1. The van der Waals surface area contributed by atoms with Crippen LogP contribution in [0, 0.1) is 11.6 Å². The van der Waals surface area contributed by atoms with E-state index in [0.29, 0.717) is 30.2 Å². The lowest BCUT2D eigenvalue weighted by Gasteiger charge is -2.35. The lowest BCUT2D eigenvalue weighted by molar-refractivity contribution is -0.207. The molecule has 2 aromatic carbocycles. The predicted molar refractivity (Wildman–Crippen MR) is 113 cm³/mol. The van der Waals surface area contributed by atoms with E-state index in [4.69, 9.17) is 0 Å². The third-order valence-electron chi connectivity index (χ3n) is 5.25. The highest BCUT2D eigenvalue weighted by atomic mass is 19.3. The van der Waals surface area contributed by atoms with E-state index in [-0.39, 0.29) is 5.75 Å². The third kappa shape index (κ3) is 5.00. The molecule has 0 unspecified atom stereocenters. The summed E-state index contributed by atoms with van der Waals surface area (Å²) < 4.78 is 90.7. The van der Waals surface area contributed by atoms with Gasteiger partial charge < -0.3 is 9.84 Å². The van der Waals surface area contributed by atoms with Crippen LogP contribution in [0.25, 0.3) is 11.1 Å². The first-order valence-electron chi connectivity index (χ1n) is 10.3. The molecule has 0 aliphatic carbocycles. The van der Waals surface area contributed by atoms with Gasteiger partial charge in [0.05, 0.1) is 6.54 Å². The maximum atomic E-state index is 15.8. The molecule has 0 aliphatic rings. The number of hydrogen-bond acceptors (Lipinski definition) is 6. The van der Waals surface area contributed by atoms with Crippen molar-refractivity contribution in [3.63, 3.8) is 0 Å². The first-order chi connectivity index (χ1) is 16.9. The van der Waals surface area contributed by atoms with Gasteiger partial charge in [-0.15, -0.1) is 5.10 Å². The number of ether oxygens (including phenoxy) is 1. The van der Waals surface area contributed by atoms with Gasteiger partial charge in [0, 0.05) is 30.3 Å². The number of alkyl halides is 4. The number of hydrogen-bond donors (Lipinski definition) is 1. The summed E-state index contributed by atoms with van der Waals surface area (Å²) in [6, 6.07) is 9.40. The minimum atomic E-state index is -4.21. The summed E-state index contributed by atoms with van der Waals surface area (Å²) in [5.41, 5.74) is -4.27. The molecule has 0 fully saturated rings. The van der Waals surface area contributed by atoms with Gasteiger partial charge in [-0.2, -0.15) is 17.6 Å². The molecule has 36 heavy (non-hydrogen) atoms. The summed E-state index contributed by atoms with van der Waals surface area (Å²) >= 11 is 0. The highest BCUT2D eigenvalue weighted by molar-refractivity contribution is 5.63. The SMILES string of the molecule is CC(F)(F)Oc1ccc(-c2ccc(C(F)(F)[C@@](O)(Cn3cnnn3)c3ccc(F)cc3F)nc2)cc1. The highest BCUT2D eigenvalue weighted by Gasteiger charge is 2.58. The molecule has 0 bridgehead atoms. The smallest absolute Gasteiger partial charge is 0.394 e. The molecular formula is C23H17F6N5O2. The molecule has 188 valence electrons. The molecule has 0 radical (unpaired) electrons. The van der Waals surface area contributed by atoms with Crippen molar-refractivity contribution in [3.8, 4) is 16.9 Å². The third-order valence-corrected chi connectivity index (χ3v) is 5.25. The first kappa shape index (κ1) is 25.1. The Hall–Kier alpha value is -4.00. The van der Waals surface area contributed by atoms with E-state index in [2.05, 4.69) is 25.2 Å².